The fourth-order valence-electron chi connectivity index (χ4n) is 4.39. The summed E-state index contributed by atoms with van der Waals surface area (Å²) in [6.45, 7) is 0.891. The van der Waals surface area contributed by atoms with Crippen molar-refractivity contribution in [3.8, 4) is 17.1 Å². The van der Waals surface area contributed by atoms with Crippen LogP contribution in [0.25, 0.3) is 11.4 Å². The largest absolute Gasteiger partial charge is 0.493 e. The maximum Gasteiger partial charge on any atom is 0.255 e. The maximum atomic E-state index is 13.1. The number of hydrogen-bond acceptors (Lipinski definition) is 6. The van der Waals surface area contributed by atoms with Gasteiger partial charge in [-0.05, 0) is 24.1 Å². The molecule has 8 nitrogen and oxygen atoms in total. The van der Waals surface area contributed by atoms with Gasteiger partial charge in [0.05, 0.1) is 40.5 Å². The van der Waals surface area contributed by atoms with Crippen LogP contribution in [0.5, 0.6) is 5.75 Å². The zero-order chi connectivity index (χ0) is 23.9. The molecule has 1 saturated carbocycles. The van der Waals surface area contributed by atoms with Gasteiger partial charge in [-0.2, -0.15) is 0 Å². The number of rotatable bonds is 7. The lowest BCUT2D eigenvalue weighted by atomic mass is 9.81. The van der Waals surface area contributed by atoms with Crippen molar-refractivity contribution in [3.63, 3.8) is 0 Å². The van der Waals surface area contributed by atoms with E-state index in [0.717, 1.165) is 5.69 Å². The minimum Gasteiger partial charge on any atom is -0.493 e. The molecule has 34 heavy (non-hydrogen) atoms. The molecule has 0 bridgehead atoms. The second-order valence-corrected chi connectivity index (χ2v) is 8.86. The van der Waals surface area contributed by atoms with Crippen molar-refractivity contribution >= 4 is 34.8 Å². The lowest BCUT2D eigenvalue weighted by Crippen LogP contribution is -2.39. The predicted octanol–water partition coefficient (Wildman–Crippen LogP) is 4.62. The Morgan fingerprint density at radius 2 is 2.12 bits per heavy atom. The summed E-state index contributed by atoms with van der Waals surface area (Å²) >= 11 is 6.29. The third-order valence-electron chi connectivity index (χ3n) is 6.03. The second-order valence-electron chi connectivity index (χ2n) is 8.46. The van der Waals surface area contributed by atoms with E-state index >= 15 is 0 Å². The van der Waals surface area contributed by atoms with E-state index in [4.69, 9.17) is 16.3 Å². The molecular weight excluding hydrogens is 466 g/mol. The minimum absolute atomic E-state index is 0.115. The zero-order valence-electron chi connectivity index (χ0n) is 18.3. The quantitative estimate of drug-likeness (QED) is 0.387. The summed E-state index contributed by atoms with van der Waals surface area (Å²) in [5, 5.41) is 9.65. The fourth-order valence-corrected chi connectivity index (χ4v) is 4.65. The van der Waals surface area contributed by atoms with Gasteiger partial charge in [0, 0.05) is 44.2 Å². The van der Waals surface area contributed by atoms with Crippen LogP contribution in [0.3, 0.4) is 0 Å². The van der Waals surface area contributed by atoms with Gasteiger partial charge in [0.1, 0.15) is 0 Å². The van der Waals surface area contributed by atoms with Crippen LogP contribution in [-0.2, 0) is 6.42 Å². The number of carbonyl (C=O) groups is 1. The standard InChI is InChI=1S/C23H23ClF2N6O2/c1-34-20-13(24)3-2-4-16(20)31-19-17-14(5-7-27-21(17)33)30-18(19)15-6-8-28-22(32-15)29-11-12-9-23(25,26)10-12/h2-4,6,8,12,30-31H,5,7,9-11H2,1H3,(H,27,33)(H,28,29,32). The Balaban J connectivity index is 1.49. The van der Waals surface area contributed by atoms with Crippen molar-refractivity contribution in [2.45, 2.75) is 25.2 Å². The molecule has 0 radical (unpaired) electrons. The van der Waals surface area contributed by atoms with Crippen LogP contribution < -0.4 is 20.7 Å². The van der Waals surface area contributed by atoms with Crippen molar-refractivity contribution < 1.29 is 18.3 Å². The molecule has 1 amide bonds. The SMILES string of the molecule is COc1c(Cl)cccc1Nc1c(-c2ccnc(NCC3CC(F)(F)C3)n2)[nH]c2c1C(=O)NCC2. The van der Waals surface area contributed by atoms with Gasteiger partial charge in [0.15, 0.2) is 5.75 Å². The van der Waals surface area contributed by atoms with E-state index in [1.807, 2.05) is 0 Å². The average molecular weight is 489 g/mol. The Bertz CT molecular complexity index is 1240. The number of carbonyl (C=O) groups excluding carboxylic acids is 1. The van der Waals surface area contributed by atoms with Gasteiger partial charge in [0.25, 0.3) is 5.91 Å². The molecule has 1 aliphatic heterocycles. The third kappa shape index (κ3) is 4.25. The Kier molecular flexibility index (Phi) is 5.76. The topological polar surface area (TPSA) is 104 Å². The van der Waals surface area contributed by atoms with Crippen molar-refractivity contribution in [1.82, 2.24) is 20.3 Å². The number of nitrogens with zero attached hydrogens (tertiary/aromatic N) is 2. The summed E-state index contributed by atoms with van der Waals surface area (Å²) in [7, 11) is 1.52. The van der Waals surface area contributed by atoms with Crippen LogP contribution in [0.1, 0.15) is 28.9 Å². The highest BCUT2D eigenvalue weighted by molar-refractivity contribution is 6.32. The van der Waals surface area contributed by atoms with Crippen molar-refractivity contribution in [2.75, 3.05) is 30.8 Å². The van der Waals surface area contributed by atoms with Gasteiger partial charge in [-0.1, -0.05) is 17.7 Å². The van der Waals surface area contributed by atoms with Gasteiger partial charge in [0.2, 0.25) is 11.9 Å². The van der Waals surface area contributed by atoms with Crippen LogP contribution in [0.2, 0.25) is 5.02 Å². The Morgan fingerprint density at radius 1 is 1.29 bits per heavy atom. The number of nitrogens with one attached hydrogen (secondary N) is 4. The molecule has 0 unspecified atom stereocenters. The fraction of sp³-hybridized carbons (Fsp3) is 0.348. The number of hydrogen-bond donors (Lipinski definition) is 4. The van der Waals surface area contributed by atoms with Gasteiger partial charge >= 0.3 is 0 Å². The summed E-state index contributed by atoms with van der Waals surface area (Å²) in [5.74, 6) is -2.11. The molecule has 3 aromatic rings. The van der Waals surface area contributed by atoms with Crippen LogP contribution in [0.15, 0.2) is 30.5 Å². The molecule has 178 valence electrons. The van der Waals surface area contributed by atoms with E-state index in [0.29, 0.717) is 64.6 Å². The van der Waals surface area contributed by atoms with Crippen LogP contribution in [-0.4, -0.2) is 47.0 Å². The molecular formula is C23H23ClF2N6O2. The molecule has 0 atom stereocenters. The summed E-state index contributed by atoms with van der Waals surface area (Å²) in [6.07, 6.45) is 1.96. The number of halogens is 3. The number of H-pyrrole nitrogens is 1. The number of fused-ring (bicyclic) bond motifs is 1. The number of methoxy groups -OCH3 is 1. The first kappa shape index (κ1) is 22.4. The highest BCUT2D eigenvalue weighted by Gasteiger charge is 2.44. The van der Waals surface area contributed by atoms with E-state index in [9.17, 15) is 13.6 Å². The first-order chi connectivity index (χ1) is 16.3. The Hall–Kier alpha value is -3.40. The number of ether oxygens (including phenoxy) is 1. The Morgan fingerprint density at radius 3 is 2.88 bits per heavy atom. The molecule has 0 saturated heterocycles. The average Bonchev–Trinajstić information content (AvgIpc) is 3.16. The number of amides is 1. The smallest absolute Gasteiger partial charge is 0.255 e. The number of benzene rings is 1. The lowest BCUT2D eigenvalue weighted by Gasteiger charge is -2.34. The minimum atomic E-state index is -2.57. The van der Waals surface area contributed by atoms with E-state index in [-0.39, 0.29) is 24.7 Å². The molecule has 1 aromatic carbocycles. The van der Waals surface area contributed by atoms with E-state index in [1.165, 1.54) is 7.11 Å². The van der Waals surface area contributed by atoms with Crippen molar-refractivity contribution in [3.05, 3.63) is 46.7 Å². The van der Waals surface area contributed by atoms with Crippen molar-refractivity contribution in [2.24, 2.45) is 5.92 Å². The highest BCUT2D eigenvalue weighted by Crippen LogP contribution is 2.43. The van der Waals surface area contributed by atoms with Gasteiger partial charge in [-0.3, -0.25) is 4.79 Å². The molecule has 2 aromatic heterocycles. The number of aromatic amines is 1. The number of para-hydroxylation sites is 1. The van der Waals surface area contributed by atoms with Gasteiger partial charge in [-0.25, -0.2) is 18.7 Å². The molecule has 1 fully saturated rings. The van der Waals surface area contributed by atoms with Crippen LogP contribution in [0.4, 0.5) is 26.1 Å². The molecule has 1 aliphatic carbocycles. The number of aromatic nitrogens is 3. The third-order valence-corrected chi connectivity index (χ3v) is 6.33. The Labute approximate surface area is 199 Å². The molecule has 0 spiro atoms. The highest BCUT2D eigenvalue weighted by atomic mass is 35.5. The van der Waals surface area contributed by atoms with E-state index < -0.39 is 5.92 Å². The first-order valence-electron chi connectivity index (χ1n) is 10.9. The van der Waals surface area contributed by atoms with E-state index in [2.05, 4.69) is 30.9 Å². The molecule has 11 heteroatoms. The monoisotopic (exact) mass is 488 g/mol. The zero-order valence-corrected chi connectivity index (χ0v) is 19.1. The first-order valence-corrected chi connectivity index (χ1v) is 11.3. The van der Waals surface area contributed by atoms with Gasteiger partial charge in [-0.15, -0.1) is 0 Å². The van der Waals surface area contributed by atoms with Gasteiger partial charge < -0.3 is 25.7 Å². The van der Waals surface area contributed by atoms with Crippen LogP contribution in [0, 0.1) is 5.92 Å². The summed E-state index contributed by atoms with van der Waals surface area (Å²) in [5.41, 5.74) is 3.55. The number of anilines is 3. The number of alkyl halides is 2. The second kappa shape index (κ2) is 8.75. The lowest BCUT2D eigenvalue weighted by molar-refractivity contribution is -0.106. The summed E-state index contributed by atoms with van der Waals surface area (Å²) in [6, 6.07) is 7.02. The molecule has 2 aliphatic rings. The molecule has 3 heterocycles. The molecule has 5 rings (SSSR count). The maximum absolute atomic E-state index is 13.1. The summed E-state index contributed by atoms with van der Waals surface area (Å²) < 4.78 is 31.7. The normalized spacial score (nSPS) is 16.9. The summed E-state index contributed by atoms with van der Waals surface area (Å²) in [4.78, 5) is 24.9. The molecule has 4 N–H and O–H groups in total. The van der Waals surface area contributed by atoms with E-state index in [1.54, 1.807) is 30.5 Å². The van der Waals surface area contributed by atoms with Crippen LogP contribution >= 0.6 is 11.6 Å². The van der Waals surface area contributed by atoms with Crippen molar-refractivity contribution in [1.29, 1.82) is 0 Å². The predicted molar refractivity (Wildman–Crippen MR) is 125 cm³/mol.